The molecule has 1 unspecified atom stereocenters. The molecule has 3 rings (SSSR count). The summed E-state index contributed by atoms with van der Waals surface area (Å²) < 4.78 is 14.3. The fraction of sp³-hybridized carbons (Fsp3) is 0.188. The van der Waals surface area contributed by atoms with Crippen LogP contribution >= 0.6 is 11.3 Å². The van der Waals surface area contributed by atoms with Crippen molar-refractivity contribution < 1.29 is 4.21 Å². The second-order valence-electron chi connectivity index (χ2n) is 5.07. The zero-order valence-corrected chi connectivity index (χ0v) is 13.6. The Labute approximate surface area is 130 Å². The summed E-state index contributed by atoms with van der Waals surface area (Å²) in [6.07, 6.45) is 0. The van der Waals surface area contributed by atoms with Gasteiger partial charge in [0.05, 0.1) is 26.8 Å². The number of nitrogens with zero attached hydrogens (tertiary/aromatic N) is 1. The summed E-state index contributed by atoms with van der Waals surface area (Å²) in [5.41, 5.74) is 10.8. The summed E-state index contributed by atoms with van der Waals surface area (Å²) in [6.45, 7) is 4.11. The molecular weight excluding hydrogens is 300 g/mol. The molecule has 3 nitrogen and oxygen atoms in total. The topological polar surface area (TPSA) is 56.0 Å². The Kier molecular flexibility index (Phi) is 3.78. The van der Waals surface area contributed by atoms with Crippen molar-refractivity contribution in [2.24, 2.45) is 0 Å². The number of rotatable bonds is 3. The molecule has 0 bridgehead atoms. The quantitative estimate of drug-likeness (QED) is 0.748. The minimum absolute atomic E-state index is 0.508. The van der Waals surface area contributed by atoms with Gasteiger partial charge in [0.1, 0.15) is 0 Å². The van der Waals surface area contributed by atoms with Gasteiger partial charge in [0, 0.05) is 5.69 Å². The molecule has 1 aromatic heterocycles. The van der Waals surface area contributed by atoms with Crippen molar-refractivity contribution in [3.05, 3.63) is 53.1 Å². The van der Waals surface area contributed by atoms with E-state index in [-0.39, 0.29) is 0 Å². The Hall–Kier alpha value is -1.72. The summed E-state index contributed by atoms with van der Waals surface area (Å²) in [7, 11) is -1.13. The van der Waals surface area contributed by atoms with Crippen LogP contribution in [0.25, 0.3) is 10.2 Å². The molecule has 0 aliphatic heterocycles. The first-order chi connectivity index (χ1) is 10.0. The molecule has 2 N–H and O–H groups in total. The predicted molar refractivity (Wildman–Crippen MR) is 90.1 cm³/mol. The Balaban J connectivity index is 1.94. The molecule has 2 aromatic carbocycles. The van der Waals surface area contributed by atoms with E-state index in [1.807, 2.05) is 24.3 Å². The summed E-state index contributed by atoms with van der Waals surface area (Å²) in [5, 5.41) is 0. The average Bonchev–Trinajstić information content (AvgIpc) is 2.86. The van der Waals surface area contributed by atoms with Gasteiger partial charge >= 0.3 is 0 Å². The van der Waals surface area contributed by atoms with E-state index < -0.39 is 10.8 Å². The molecule has 5 heteroatoms. The first kappa shape index (κ1) is 14.2. The van der Waals surface area contributed by atoms with E-state index in [0.717, 1.165) is 15.8 Å². The number of hydrogen-bond acceptors (Lipinski definition) is 4. The molecule has 0 spiro atoms. The molecule has 108 valence electrons. The smallest absolute Gasteiger partial charge is 0.182 e. The van der Waals surface area contributed by atoms with Gasteiger partial charge < -0.3 is 5.73 Å². The Morgan fingerprint density at radius 1 is 1.19 bits per heavy atom. The number of nitrogens with two attached hydrogens (primary N) is 1. The number of nitrogen functional groups attached to an aromatic ring is 1. The van der Waals surface area contributed by atoms with Crippen molar-refractivity contribution in [1.82, 2.24) is 4.98 Å². The van der Waals surface area contributed by atoms with Crippen molar-refractivity contribution in [3.63, 3.8) is 0 Å². The number of aryl methyl sites for hydroxylation is 2. The molecule has 0 aliphatic carbocycles. The lowest BCUT2D eigenvalue weighted by molar-refractivity contribution is 0.682. The summed E-state index contributed by atoms with van der Waals surface area (Å²) in [4.78, 5) is 4.47. The van der Waals surface area contributed by atoms with Crippen LogP contribution in [0.1, 0.15) is 16.7 Å². The van der Waals surface area contributed by atoms with Crippen molar-refractivity contribution in [2.45, 2.75) is 23.9 Å². The molecule has 21 heavy (non-hydrogen) atoms. The third kappa shape index (κ3) is 2.84. The van der Waals surface area contributed by atoms with Crippen LogP contribution in [-0.4, -0.2) is 9.19 Å². The van der Waals surface area contributed by atoms with Gasteiger partial charge in [0.2, 0.25) is 0 Å². The van der Waals surface area contributed by atoms with E-state index in [1.54, 1.807) is 0 Å². The standard InChI is InChI=1S/C16H16N2OS2/c1-10-4-3-5-11(2)13(10)9-21(19)16-18-14-7-6-12(17)8-15(14)20-16/h3-8H,9,17H2,1-2H3. The van der Waals surface area contributed by atoms with Crippen LogP contribution in [0, 0.1) is 13.8 Å². The fourth-order valence-corrected chi connectivity index (χ4v) is 4.89. The number of anilines is 1. The predicted octanol–water partition coefficient (Wildman–Crippen LogP) is 3.80. The Morgan fingerprint density at radius 2 is 1.90 bits per heavy atom. The normalized spacial score (nSPS) is 12.7. The molecule has 0 amide bonds. The largest absolute Gasteiger partial charge is 0.399 e. The number of thiazole rings is 1. The first-order valence-electron chi connectivity index (χ1n) is 6.64. The molecule has 0 fully saturated rings. The monoisotopic (exact) mass is 316 g/mol. The van der Waals surface area contributed by atoms with Crippen LogP contribution in [0.4, 0.5) is 5.69 Å². The number of hydrogen-bond donors (Lipinski definition) is 1. The van der Waals surface area contributed by atoms with Crippen molar-refractivity contribution in [1.29, 1.82) is 0 Å². The minimum atomic E-state index is -1.13. The Bertz CT molecular complexity index is 819. The fourth-order valence-electron chi connectivity index (χ4n) is 2.29. The number of benzene rings is 2. The van der Waals surface area contributed by atoms with E-state index in [2.05, 4.69) is 31.0 Å². The lowest BCUT2D eigenvalue weighted by Crippen LogP contribution is -2.00. The maximum atomic E-state index is 12.6. The molecule has 1 atom stereocenters. The molecule has 0 aliphatic rings. The molecule has 0 radical (unpaired) electrons. The molecule has 0 saturated heterocycles. The second kappa shape index (κ2) is 5.58. The van der Waals surface area contributed by atoms with Gasteiger partial charge in [-0.1, -0.05) is 18.2 Å². The second-order valence-corrected chi connectivity index (χ2v) is 7.72. The van der Waals surface area contributed by atoms with Crippen LogP contribution in [0.2, 0.25) is 0 Å². The highest BCUT2D eigenvalue weighted by molar-refractivity contribution is 7.86. The zero-order valence-electron chi connectivity index (χ0n) is 11.9. The third-order valence-electron chi connectivity index (χ3n) is 3.51. The highest BCUT2D eigenvalue weighted by Gasteiger charge is 2.14. The zero-order chi connectivity index (χ0) is 15.0. The van der Waals surface area contributed by atoms with Crippen LogP contribution in [0.15, 0.2) is 40.7 Å². The molecule has 0 saturated carbocycles. The van der Waals surface area contributed by atoms with Gasteiger partial charge in [-0.05, 0) is 48.7 Å². The van der Waals surface area contributed by atoms with Crippen LogP contribution in [-0.2, 0) is 16.6 Å². The molecule has 1 heterocycles. The van der Waals surface area contributed by atoms with Crippen LogP contribution in [0.5, 0.6) is 0 Å². The maximum Gasteiger partial charge on any atom is 0.182 e. The Morgan fingerprint density at radius 3 is 2.62 bits per heavy atom. The van der Waals surface area contributed by atoms with E-state index in [4.69, 9.17) is 5.73 Å². The lowest BCUT2D eigenvalue weighted by atomic mass is 10.1. The summed E-state index contributed by atoms with van der Waals surface area (Å²) in [6, 6.07) is 11.7. The molecule has 3 aromatic rings. The number of aromatic nitrogens is 1. The van der Waals surface area contributed by atoms with Gasteiger partial charge in [0.25, 0.3) is 0 Å². The SMILES string of the molecule is Cc1cccc(C)c1CS(=O)c1nc2ccc(N)cc2s1. The molecular formula is C16H16N2OS2. The van der Waals surface area contributed by atoms with Gasteiger partial charge in [-0.2, -0.15) is 0 Å². The highest BCUT2D eigenvalue weighted by atomic mass is 32.2. The van der Waals surface area contributed by atoms with E-state index in [9.17, 15) is 4.21 Å². The van der Waals surface area contributed by atoms with E-state index in [0.29, 0.717) is 15.8 Å². The summed E-state index contributed by atoms with van der Waals surface area (Å²) in [5.74, 6) is 0.508. The minimum Gasteiger partial charge on any atom is -0.399 e. The van der Waals surface area contributed by atoms with Gasteiger partial charge in [0.15, 0.2) is 4.34 Å². The van der Waals surface area contributed by atoms with Crippen LogP contribution < -0.4 is 5.73 Å². The van der Waals surface area contributed by atoms with Crippen molar-refractivity contribution in [3.8, 4) is 0 Å². The first-order valence-corrected chi connectivity index (χ1v) is 8.77. The maximum absolute atomic E-state index is 12.6. The third-order valence-corrected chi connectivity index (χ3v) is 6.16. The van der Waals surface area contributed by atoms with Crippen LogP contribution in [0.3, 0.4) is 0 Å². The van der Waals surface area contributed by atoms with E-state index in [1.165, 1.54) is 22.5 Å². The van der Waals surface area contributed by atoms with Gasteiger partial charge in [-0.25, -0.2) is 4.98 Å². The van der Waals surface area contributed by atoms with Gasteiger partial charge in [-0.15, -0.1) is 11.3 Å². The average molecular weight is 316 g/mol. The highest BCUT2D eigenvalue weighted by Crippen LogP contribution is 2.28. The van der Waals surface area contributed by atoms with Crippen molar-refractivity contribution >= 4 is 38.0 Å². The van der Waals surface area contributed by atoms with Crippen molar-refractivity contribution in [2.75, 3.05) is 5.73 Å². The number of fused-ring (bicyclic) bond motifs is 1. The van der Waals surface area contributed by atoms with E-state index >= 15 is 0 Å². The lowest BCUT2D eigenvalue weighted by Gasteiger charge is -2.07. The van der Waals surface area contributed by atoms with Gasteiger partial charge in [-0.3, -0.25) is 4.21 Å². The summed E-state index contributed by atoms with van der Waals surface area (Å²) >= 11 is 1.46.